The molecule has 0 aliphatic carbocycles. The van der Waals surface area contributed by atoms with Crippen LogP contribution in [0.25, 0.3) is 0 Å². The molecule has 1 aliphatic heterocycles. The molecule has 0 aromatic heterocycles. The van der Waals surface area contributed by atoms with Gasteiger partial charge in [-0.2, -0.15) is 0 Å². The van der Waals surface area contributed by atoms with Gasteiger partial charge in [0.1, 0.15) is 5.82 Å². The van der Waals surface area contributed by atoms with E-state index in [1.165, 1.54) is 12.1 Å². The number of hydrogen-bond acceptors (Lipinski definition) is 3. The van der Waals surface area contributed by atoms with Crippen molar-refractivity contribution in [3.05, 3.63) is 35.6 Å². The maximum atomic E-state index is 13.1. The van der Waals surface area contributed by atoms with Crippen molar-refractivity contribution in [1.82, 2.24) is 10.6 Å². The third-order valence-corrected chi connectivity index (χ3v) is 4.13. The Morgan fingerprint density at radius 3 is 2.50 bits per heavy atom. The monoisotopic (exact) mass is 330 g/mol. The zero-order valence-electron chi connectivity index (χ0n) is 12.9. The Bertz CT molecular complexity index is 462. The Kier molecular flexibility index (Phi) is 7.79. The molecule has 124 valence electrons. The zero-order chi connectivity index (χ0) is 15.1. The van der Waals surface area contributed by atoms with Crippen molar-refractivity contribution >= 4 is 18.3 Å². The van der Waals surface area contributed by atoms with Crippen molar-refractivity contribution < 1.29 is 13.9 Å². The summed E-state index contributed by atoms with van der Waals surface area (Å²) in [4.78, 5) is 11.8. The molecular formula is C16H24ClFN2O2. The first-order valence-electron chi connectivity index (χ1n) is 7.41. The Balaban J connectivity index is 0.00000242. The molecule has 1 aromatic rings. The molecule has 2 rings (SSSR count). The van der Waals surface area contributed by atoms with Gasteiger partial charge in [-0.15, -0.1) is 12.4 Å². The minimum absolute atomic E-state index is 0. The van der Waals surface area contributed by atoms with E-state index < -0.39 is 0 Å². The SMILES string of the molecule is CNCCC(=O)NCC1(c2ccc(F)cc2)CCOCC1.Cl. The van der Waals surface area contributed by atoms with Gasteiger partial charge in [0, 0.05) is 38.1 Å². The lowest BCUT2D eigenvalue weighted by Gasteiger charge is -2.38. The highest BCUT2D eigenvalue weighted by Crippen LogP contribution is 2.34. The number of rotatable bonds is 6. The Labute approximate surface area is 137 Å². The van der Waals surface area contributed by atoms with Crippen LogP contribution in [0.15, 0.2) is 24.3 Å². The second-order valence-corrected chi connectivity index (χ2v) is 5.53. The van der Waals surface area contributed by atoms with E-state index in [0.29, 0.717) is 32.7 Å². The van der Waals surface area contributed by atoms with E-state index in [1.807, 2.05) is 19.2 Å². The summed E-state index contributed by atoms with van der Waals surface area (Å²) in [5.74, 6) is -0.198. The number of ether oxygens (including phenoxy) is 1. The maximum Gasteiger partial charge on any atom is 0.221 e. The van der Waals surface area contributed by atoms with Crippen molar-refractivity contribution in [1.29, 1.82) is 0 Å². The number of carbonyl (C=O) groups excluding carboxylic acids is 1. The van der Waals surface area contributed by atoms with Crippen molar-refractivity contribution in [3.63, 3.8) is 0 Å². The highest BCUT2D eigenvalue weighted by Gasteiger charge is 2.34. The minimum Gasteiger partial charge on any atom is -0.381 e. The van der Waals surface area contributed by atoms with Crippen LogP contribution >= 0.6 is 12.4 Å². The summed E-state index contributed by atoms with van der Waals surface area (Å²) < 4.78 is 18.6. The summed E-state index contributed by atoms with van der Waals surface area (Å²) in [5, 5.41) is 5.97. The molecule has 1 amide bonds. The van der Waals surface area contributed by atoms with Crippen LogP contribution in [0.4, 0.5) is 4.39 Å². The summed E-state index contributed by atoms with van der Waals surface area (Å²) in [5.41, 5.74) is 0.919. The van der Waals surface area contributed by atoms with Crippen molar-refractivity contribution in [2.45, 2.75) is 24.7 Å². The summed E-state index contributed by atoms with van der Waals surface area (Å²) >= 11 is 0. The zero-order valence-corrected chi connectivity index (χ0v) is 13.7. The van der Waals surface area contributed by atoms with Crippen LogP contribution in [0.5, 0.6) is 0 Å². The first kappa shape index (κ1) is 18.9. The van der Waals surface area contributed by atoms with Gasteiger partial charge in [0.25, 0.3) is 0 Å². The van der Waals surface area contributed by atoms with Crippen LogP contribution in [-0.4, -0.2) is 39.3 Å². The largest absolute Gasteiger partial charge is 0.381 e. The first-order valence-corrected chi connectivity index (χ1v) is 7.41. The van der Waals surface area contributed by atoms with E-state index >= 15 is 0 Å². The number of halogens is 2. The number of nitrogens with one attached hydrogen (secondary N) is 2. The van der Waals surface area contributed by atoms with E-state index in [4.69, 9.17) is 4.74 Å². The average molecular weight is 331 g/mol. The van der Waals surface area contributed by atoms with Gasteiger partial charge in [0.05, 0.1) is 0 Å². The van der Waals surface area contributed by atoms with E-state index in [0.717, 1.165) is 18.4 Å². The van der Waals surface area contributed by atoms with Crippen LogP contribution in [-0.2, 0) is 14.9 Å². The summed E-state index contributed by atoms with van der Waals surface area (Å²) in [6.07, 6.45) is 2.14. The summed E-state index contributed by atoms with van der Waals surface area (Å²) in [6, 6.07) is 6.60. The third-order valence-electron chi connectivity index (χ3n) is 4.13. The Hall–Kier alpha value is -1.17. The molecule has 2 N–H and O–H groups in total. The molecule has 0 saturated carbocycles. The predicted molar refractivity (Wildman–Crippen MR) is 86.9 cm³/mol. The number of amides is 1. The Morgan fingerprint density at radius 2 is 1.91 bits per heavy atom. The Morgan fingerprint density at radius 1 is 1.27 bits per heavy atom. The molecule has 0 spiro atoms. The van der Waals surface area contributed by atoms with E-state index in [1.54, 1.807) is 0 Å². The van der Waals surface area contributed by atoms with Crippen molar-refractivity contribution in [2.24, 2.45) is 0 Å². The minimum atomic E-state index is -0.237. The van der Waals surface area contributed by atoms with Gasteiger partial charge in [-0.3, -0.25) is 4.79 Å². The topological polar surface area (TPSA) is 50.4 Å². The van der Waals surface area contributed by atoms with Crippen molar-refractivity contribution in [3.8, 4) is 0 Å². The standard InChI is InChI=1S/C16H23FN2O2.ClH/c1-18-9-6-15(20)19-12-16(7-10-21-11-8-16)13-2-4-14(17)5-3-13;/h2-5,18H,6-12H2,1H3,(H,19,20);1H. The van der Waals surface area contributed by atoms with Gasteiger partial charge in [-0.1, -0.05) is 12.1 Å². The molecule has 22 heavy (non-hydrogen) atoms. The van der Waals surface area contributed by atoms with Crippen LogP contribution in [0.3, 0.4) is 0 Å². The molecule has 1 heterocycles. The molecular weight excluding hydrogens is 307 g/mol. The molecule has 1 aromatic carbocycles. The van der Waals surface area contributed by atoms with E-state index in [9.17, 15) is 9.18 Å². The maximum absolute atomic E-state index is 13.1. The molecule has 0 radical (unpaired) electrons. The molecule has 0 bridgehead atoms. The smallest absolute Gasteiger partial charge is 0.221 e. The normalized spacial score (nSPS) is 16.6. The molecule has 0 unspecified atom stereocenters. The lowest BCUT2D eigenvalue weighted by atomic mass is 9.74. The van der Waals surface area contributed by atoms with Gasteiger partial charge in [-0.25, -0.2) is 4.39 Å². The second-order valence-electron chi connectivity index (χ2n) is 5.53. The highest BCUT2D eigenvalue weighted by molar-refractivity contribution is 5.85. The van der Waals surface area contributed by atoms with E-state index in [-0.39, 0.29) is 29.5 Å². The molecule has 1 saturated heterocycles. The molecule has 0 atom stereocenters. The quantitative estimate of drug-likeness (QED) is 0.839. The van der Waals surface area contributed by atoms with Gasteiger partial charge < -0.3 is 15.4 Å². The second kappa shape index (κ2) is 9.08. The number of hydrogen-bond donors (Lipinski definition) is 2. The van der Waals surface area contributed by atoms with Gasteiger partial charge in [0.2, 0.25) is 5.91 Å². The van der Waals surface area contributed by atoms with Gasteiger partial charge >= 0.3 is 0 Å². The molecule has 1 aliphatic rings. The number of benzene rings is 1. The average Bonchev–Trinajstić information content (AvgIpc) is 2.52. The summed E-state index contributed by atoms with van der Waals surface area (Å²) in [7, 11) is 1.83. The summed E-state index contributed by atoms with van der Waals surface area (Å²) in [6.45, 7) is 2.58. The fourth-order valence-corrected chi connectivity index (χ4v) is 2.73. The molecule has 6 heteroatoms. The van der Waals surface area contributed by atoms with Gasteiger partial charge in [-0.05, 0) is 37.6 Å². The number of carbonyl (C=O) groups is 1. The van der Waals surface area contributed by atoms with Crippen LogP contribution < -0.4 is 10.6 Å². The van der Waals surface area contributed by atoms with E-state index in [2.05, 4.69) is 10.6 Å². The fourth-order valence-electron chi connectivity index (χ4n) is 2.73. The van der Waals surface area contributed by atoms with Crippen LogP contribution in [0.2, 0.25) is 0 Å². The third kappa shape index (κ3) is 4.93. The molecule has 4 nitrogen and oxygen atoms in total. The fraction of sp³-hybridized carbons (Fsp3) is 0.562. The lowest BCUT2D eigenvalue weighted by Crippen LogP contribution is -2.45. The predicted octanol–water partition coefficient (Wildman–Crippen LogP) is 2.02. The van der Waals surface area contributed by atoms with Crippen LogP contribution in [0.1, 0.15) is 24.8 Å². The molecule has 1 fully saturated rings. The van der Waals surface area contributed by atoms with Crippen LogP contribution in [0, 0.1) is 5.82 Å². The highest BCUT2D eigenvalue weighted by atomic mass is 35.5. The first-order chi connectivity index (χ1) is 10.2. The lowest BCUT2D eigenvalue weighted by molar-refractivity contribution is -0.121. The van der Waals surface area contributed by atoms with Crippen molar-refractivity contribution in [2.75, 3.05) is 33.4 Å². The van der Waals surface area contributed by atoms with Gasteiger partial charge in [0.15, 0.2) is 0 Å².